The summed E-state index contributed by atoms with van der Waals surface area (Å²) in [6.07, 6.45) is 5.45. The lowest BCUT2D eigenvalue weighted by molar-refractivity contribution is 0.0342. The van der Waals surface area contributed by atoms with Gasteiger partial charge in [0.2, 0.25) is 0 Å². The molecular weight excluding hydrogens is 350 g/mol. The Labute approximate surface area is 163 Å². The van der Waals surface area contributed by atoms with E-state index in [9.17, 15) is 0 Å². The number of imidazole rings is 1. The number of hydrogen-bond donors (Lipinski definition) is 0. The van der Waals surface area contributed by atoms with Gasteiger partial charge in [-0.05, 0) is 29.8 Å². The maximum atomic E-state index is 5.43. The van der Waals surface area contributed by atoms with Crippen LogP contribution in [0, 0.1) is 0 Å². The number of aromatic nitrogens is 4. The monoisotopic (exact) mass is 371 g/mol. The first-order chi connectivity index (χ1) is 13.9. The maximum absolute atomic E-state index is 5.43. The van der Waals surface area contributed by atoms with E-state index < -0.39 is 0 Å². The Hall–Kier alpha value is -3.09. The Balaban J connectivity index is 1.44. The van der Waals surface area contributed by atoms with Crippen molar-refractivity contribution in [1.29, 1.82) is 0 Å². The van der Waals surface area contributed by atoms with Crippen LogP contribution in [0.3, 0.4) is 0 Å². The molecule has 0 N–H and O–H groups in total. The summed E-state index contributed by atoms with van der Waals surface area (Å²) in [5.74, 6) is 0. The van der Waals surface area contributed by atoms with Gasteiger partial charge >= 0.3 is 0 Å². The van der Waals surface area contributed by atoms with Crippen LogP contribution in [0.5, 0.6) is 0 Å². The molecule has 5 rings (SSSR count). The van der Waals surface area contributed by atoms with Crippen LogP contribution < -0.4 is 0 Å². The Kier molecular flexibility index (Phi) is 4.56. The zero-order valence-electron chi connectivity index (χ0n) is 15.5. The second-order valence-corrected chi connectivity index (χ2v) is 6.95. The number of nitrogens with zero attached hydrogens (tertiary/aromatic N) is 5. The van der Waals surface area contributed by atoms with Crippen molar-refractivity contribution in [3.05, 3.63) is 72.7 Å². The van der Waals surface area contributed by atoms with E-state index in [1.165, 1.54) is 5.56 Å². The van der Waals surface area contributed by atoms with Gasteiger partial charge in [-0.1, -0.05) is 24.3 Å². The first-order valence-corrected chi connectivity index (χ1v) is 9.51. The lowest BCUT2D eigenvalue weighted by atomic mass is 10.1. The van der Waals surface area contributed by atoms with E-state index in [0.717, 1.165) is 61.0 Å². The predicted octanol–water partition coefficient (Wildman–Crippen LogP) is 3.29. The summed E-state index contributed by atoms with van der Waals surface area (Å²) in [6.45, 7) is 4.60. The van der Waals surface area contributed by atoms with E-state index in [4.69, 9.17) is 9.84 Å². The van der Waals surface area contributed by atoms with Crippen LogP contribution in [-0.2, 0) is 11.3 Å². The molecule has 28 heavy (non-hydrogen) atoms. The van der Waals surface area contributed by atoms with E-state index in [0.29, 0.717) is 0 Å². The number of rotatable bonds is 4. The first kappa shape index (κ1) is 17.0. The van der Waals surface area contributed by atoms with Gasteiger partial charge in [0.1, 0.15) is 0 Å². The summed E-state index contributed by atoms with van der Waals surface area (Å²) < 4.78 is 7.34. The van der Waals surface area contributed by atoms with E-state index in [-0.39, 0.29) is 0 Å². The van der Waals surface area contributed by atoms with Crippen LogP contribution in [0.25, 0.3) is 28.2 Å². The minimum absolute atomic E-state index is 0.825. The molecule has 0 spiro atoms. The van der Waals surface area contributed by atoms with Gasteiger partial charge in [-0.25, -0.2) is 9.50 Å². The molecule has 4 aromatic rings. The smallest absolute Gasteiger partial charge is 0.154 e. The van der Waals surface area contributed by atoms with Gasteiger partial charge in [-0.2, -0.15) is 5.10 Å². The number of hydrogen-bond acceptors (Lipinski definition) is 5. The van der Waals surface area contributed by atoms with Crippen LogP contribution in [0.15, 0.2) is 67.1 Å². The van der Waals surface area contributed by atoms with Crippen molar-refractivity contribution in [2.75, 3.05) is 26.3 Å². The molecule has 6 nitrogen and oxygen atoms in total. The topological polar surface area (TPSA) is 55.6 Å². The molecular formula is C22H21N5O. The third kappa shape index (κ3) is 3.40. The standard InChI is InChI=1S/C22H21N5O/c1-3-19(4-2-17(1)16-26-11-13-28-14-12-26)21-15-24-22-6-5-20(25-27(21)22)18-7-9-23-10-8-18/h1-10,15H,11-14,16H2. The molecule has 1 aliphatic heterocycles. The highest BCUT2D eigenvalue weighted by molar-refractivity contribution is 5.65. The van der Waals surface area contributed by atoms with Crippen molar-refractivity contribution in [3.8, 4) is 22.5 Å². The number of fused-ring (bicyclic) bond motifs is 1. The average Bonchev–Trinajstić information content (AvgIpc) is 3.19. The molecule has 0 amide bonds. The summed E-state index contributed by atoms with van der Waals surface area (Å²) in [5.41, 5.74) is 6.19. The zero-order chi connectivity index (χ0) is 18.8. The second kappa shape index (κ2) is 7.50. The highest BCUT2D eigenvalue weighted by Crippen LogP contribution is 2.23. The highest BCUT2D eigenvalue weighted by Gasteiger charge is 2.12. The quantitative estimate of drug-likeness (QED) is 0.551. The first-order valence-electron chi connectivity index (χ1n) is 9.51. The molecule has 0 radical (unpaired) electrons. The summed E-state index contributed by atoms with van der Waals surface area (Å²) in [4.78, 5) is 11.0. The molecule has 1 fully saturated rings. The molecule has 140 valence electrons. The van der Waals surface area contributed by atoms with E-state index in [1.807, 2.05) is 35.0 Å². The Morgan fingerprint density at radius 2 is 1.64 bits per heavy atom. The second-order valence-electron chi connectivity index (χ2n) is 6.95. The van der Waals surface area contributed by atoms with Crippen molar-refractivity contribution < 1.29 is 4.74 Å². The number of morpholine rings is 1. The normalized spacial score (nSPS) is 15.1. The molecule has 0 aliphatic carbocycles. The molecule has 0 unspecified atom stereocenters. The van der Waals surface area contributed by atoms with Gasteiger partial charge in [0.25, 0.3) is 0 Å². The molecule has 4 heterocycles. The number of benzene rings is 1. The molecule has 1 aliphatic rings. The lowest BCUT2D eigenvalue weighted by Crippen LogP contribution is -2.35. The van der Waals surface area contributed by atoms with E-state index in [1.54, 1.807) is 12.4 Å². The van der Waals surface area contributed by atoms with Crippen LogP contribution in [0.1, 0.15) is 5.56 Å². The Morgan fingerprint density at radius 1 is 0.857 bits per heavy atom. The number of pyridine rings is 1. The fourth-order valence-corrected chi connectivity index (χ4v) is 3.55. The predicted molar refractivity (Wildman–Crippen MR) is 108 cm³/mol. The van der Waals surface area contributed by atoms with Crippen LogP contribution >= 0.6 is 0 Å². The van der Waals surface area contributed by atoms with Crippen molar-refractivity contribution >= 4 is 5.65 Å². The van der Waals surface area contributed by atoms with Gasteiger partial charge in [0, 0.05) is 43.2 Å². The SMILES string of the molecule is c1cc(-c2ccc3ncc(-c4ccc(CN5CCOCC5)cc4)n3n2)ccn1. The number of ether oxygens (including phenoxy) is 1. The van der Waals surface area contributed by atoms with Gasteiger partial charge in [0.15, 0.2) is 5.65 Å². The third-order valence-electron chi connectivity index (χ3n) is 5.10. The molecule has 6 heteroatoms. The van der Waals surface area contributed by atoms with E-state index >= 15 is 0 Å². The maximum Gasteiger partial charge on any atom is 0.154 e. The summed E-state index contributed by atoms with van der Waals surface area (Å²) >= 11 is 0. The summed E-state index contributed by atoms with van der Waals surface area (Å²) in [6, 6.07) is 16.6. The van der Waals surface area contributed by atoms with Crippen molar-refractivity contribution in [1.82, 2.24) is 24.5 Å². The molecule has 0 atom stereocenters. The largest absolute Gasteiger partial charge is 0.379 e. The van der Waals surface area contributed by atoms with Crippen LogP contribution in [-0.4, -0.2) is 50.8 Å². The van der Waals surface area contributed by atoms with Gasteiger partial charge in [-0.15, -0.1) is 0 Å². The Bertz CT molecular complexity index is 1070. The van der Waals surface area contributed by atoms with Crippen molar-refractivity contribution in [2.24, 2.45) is 0 Å². The van der Waals surface area contributed by atoms with Crippen LogP contribution in [0.2, 0.25) is 0 Å². The molecule has 1 aromatic carbocycles. The average molecular weight is 371 g/mol. The minimum atomic E-state index is 0.825. The lowest BCUT2D eigenvalue weighted by Gasteiger charge is -2.26. The summed E-state index contributed by atoms with van der Waals surface area (Å²) in [7, 11) is 0. The third-order valence-corrected chi connectivity index (χ3v) is 5.10. The highest BCUT2D eigenvalue weighted by atomic mass is 16.5. The summed E-state index contributed by atoms with van der Waals surface area (Å²) in [5, 5.41) is 4.80. The Morgan fingerprint density at radius 3 is 2.43 bits per heavy atom. The molecule has 1 saturated heterocycles. The fraction of sp³-hybridized carbons (Fsp3) is 0.227. The van der Waals surface area contributed by atoms with Crippen molar-refractivity contribution in [2.45, 2.75) is 6.54 Å². The fourth-order valence-electron chi connectivity index (χ4n) is 3.55. The molecule has 0 saturated carbocycles. The van der Waals surface area contributed by atoms with Gasteiger partial charge in [0.05, 0.1) is 30.8 Å². The van der Waals surface area contributed by atoms with Gasteiger partial charge < -0.3 is 4.74 Å². The molecule has 3 aromatic heterocycles. The molecule has 0 bridgehead atoms. The van der Waals surface area contributed by atoms with E-state index in [2.05, 4.69) is 39.1 Å². The zero-order valence-corrected chi connectivity index (χ0v) is 15.5. The minimum Gasteiger partial charge on any atom is -0.379 e. The van der Waals surface area contributed by atoms with Gasteiger partial charge in [-0.3, -0.25) is 9.88 Å². The van der Waals surface area contributed by atoms with Crippen LogP contribution in [0.4, 0.5) is 0 Å². The van der Waals surface area contributed by atoms with Crippen molar-refractivity contribution in [3.63, 3.8) is 0 Å².